The van der Waals surface area contributed by atoms with E-state index in [0.29, 0.717) is 12.4 Å². The van der Waals surface area contributed by atoms with Crippen LogP contribution in [0.15, 0.2) is 29.0 Å². The number of ether oxygens (including phenoxy) is 1. The fourth-order valence-corrected chi connectivity index (χ4v) is 1.87. The zero-order chi connectivity index (χ0) is 10.8. The first kappa shape index (κ1) is 10.2. The first-order chi connectivity index (χ1) is 7.24. The van der Waals surface area contributed by atoms with Gasteiger partial charge in [-0.05, 0) is 35.0 Å². The van der Waals surface area contributed by atoms with Crippen molar-refractivity contribution < 1.29 is 9.53 Å². The molecule has 0 N–H and O–H groups in total. The second-order valence-corrected chi connectivity index (χ2v) is 3.72. The van der Waals surface area contributed by atoms with Crippen LogP contribution >= 0.6 is 15.9 Å². The summed E-state index contributed by atoms with van der Waals surface area (Å²) in [5, 5.41) is 0. The largest absolute Gasteiger partial charge is 0.460 e. The SMILES string of the molecule is CCOC(=O)c1ncc2cccc(Br)n12. The van der Waals surface area contributed by atoms with Crippen LogP contribution in [0.5, 0.6) is 0 Å². The van der Waals surface area contributed by atoms with Crippen LogP contribution in [0, 0.1) is 0 Å². The molecule has 0 saturated heterocycles. The molecule has 0 saturated carbocycles. The van der Waals surface area contributed by atoms with Crippen LogP contribution in [0.4, 0.5) is 0 Å². The Bertz CT molecular complexity index is 507. The number of rotatable bonds is 2. The summed E-state index contributed by atoms with van der Waals surface area (Å²) in [5.41, 5.74) is 0.854. The van der Waals surface area contributed by atoms with Gasteiger partial charge in [-0.25, -0.2) is 9.78 Å². The molecule has 0 aromatic carbocycles. The minimum atomic E-state index is -0.413. The van der Waals surface area contributed by atoms with E-state index in [1.54, 1.807) is 17.5 Å². The summed E-state index contributed by atoms with van der Waals surface area (Å²) in [6.07, 6.45) is 1.64. The maximum absolute atomic E-state index is 11.5. The molecule has 0 spiro atoms. The van der Waals surface area contributed by atoms with Gasteiger partial charge >= 0.3 is 5.97 Å². The maximum Gasteiger partial charge on any atom is 0.374 e. The number of carbonyl (C=O) groups excluding carboxylic acids is 1. The Balaban J connectivity index is 2.57. The molecule has 2 heterocycles. The van der Waals surface area contributed by atoms with Crippen molar-refractivity contribution in [3.63, 3.8) is 0 Å². The standard InChI is InChI=1S/C10H9BrN2O2/c1-2-15-10(14)9-12-6-7-4-3-5-8(11)13(7)9/h3-6H,2H2,1H3. The highest BCUT2D eigenvalue weighted by atomic mass is 79.9. The van der Waals surface area contributed by atoms with Gasteiger partial charge in [0.15, 0.2) is 0 Å². The van der Waals surface area contributed by atoms with Crippen molar-refractivity contribution in [2.75, 3.05) is 6.61 Å². The molecule has 2 aromatic rings. The molecule has 4 nitrogen and oxygen atoms in total. The molecule has 78 valence electrons. The number of esters is 1. The molecule has 0 radical (unpaired) electrons. The third-order valence-electron chi connectivity index (χ3n) is 1.96. The number of aromatic nitrogens is 2. The third kappa shape index (κ3) is 1.74. The predicted molar refractivity (Wildman–Crippen MR) is 58.8 cm³/mol. The highest BCUT2D eigenvalue weighted by molar-refractivity contribution is 9.10. The zero-order valence-corrected chi connectivity index (χ0v) is 9.69. The Labute approximate surface area is 95.0 Å². The summed E-state index contributed by atoms with van der Waals surface area (Å²) in [6, 6.07) is 5.61. The molecule has 5 heteroatoms. The number of hydrogen-bond acceptors (Lipinski definition) is 3. The maximum atomic E-state index is 11.5. The van der Waals surface area contributed by atoms with Crippen molar-refractivity contribution in [3.8, 4) is 0 Å². The Hall–Kier alpha value is -1.36. The molecule has 2 rings (SSSR count). The van der Waals surface area contributed by atoms with Crippen molar-refractivity contribution >= 4 is 27.4 Å². The number of carbonyl (C=O) groups is 1. The van der Waals surface area contributed by atoms with Gasteiger partial charge < -0.3 is 4.74 Å². The second-order valence-electron chi connectivity index (χ2n) is 2.91. The Morgan fingerprint density at radius 2 is 2.40 bits per heavy atom. The molecule has 15 heavy (non-hydrogen) atoms. The molecule has 0 fully saturated rings. The smallest absolute Gasteiger partial charge is 0.374 e. The van der Waals surface area contributed by atoms with Crippen LogP contribution < -0.4 is 0 Å². The van der Waals surface area contributed by atoms with Gasteiger partial charge in [0.2, 0.25) is 5.82 Å². The molecule has 2 aromatic heterocycles. The summed E-state index contributed by atoms with van der Waals surface area (Å²) in [6.45, 7) is 2.11. The summed E-state index contributed by atoms with van der Waals surface area (Å²) < 4.78 is 7.39. The monoisotopic (exact) mass is 268 g/mol. The van der Waals surface area contributed by atoms with Crippen molar-refractivity contribution in [3.05, 3.63) is 34.8 Å². The Kier molecular flexibility index (Phi) is 2.73. The number of imidazole rings is 1. The number of hydrogen-bond donors (Lipinski definition) is 0. The van der Waals surface area contributed by atoms with E-state index in [-0.39, 0.29) is 0 Å². The van der Waals surface area contributed by atoms with Crippen LogP contribution in [-0.4, -0.2) is 22.0 Å². The number of pyridine rings is 1. The molecule has 0 amide bonds. The van der Waals surface area contributed by atoms with E-state index < -0.39 is 5.97 Å². The highest BCUT2D eigenvalue weighted by Crippen LogP contribution is 2.16. The fraction of sp³-hybridized carbons (Fsp3) is 0.200. The molecule has 0 aliphatic heterocycles. The van der Waals surface area contributed by atoms with Crippen LogP contribution in [-0.2, 0) is 4.74 Å². The molecule has 0 aliphatic rings. The van der Waals surface area contributed by atoms with Gasteiger partial charge in [0.25, 0.3) is 0 Å². The predicted octanol–water partition coefficient (Wildman–Crippen LogP) is 2.27. The minimum Gasteiger partial charge on any atom is -0.460 e. The molecular formula is C10H9BrN2O2. The second kappa shape index (κ2) is 4.02. The minimum absolute atomic E-state index is 0.291. The van der Waals surface area contributed by atoms with Gasteiger partial charge in [0, 0.05) is 0 Å². The zero-order valence-electron chi connectivity index (χ0n) is 8.11. The van der Waals surface area contributed by atoms with Crippen molar-refractivity contribution in [2.24, 2.45) is 0 Å². The Morgan fingerprint density at radius 1 is 1.60 bits per heavy atom. The summed E-state index contributed by atoms with van der Waals surface area (Å²) >= 11 is 3.36. The van der Waals surface area contributed by atoms with E-state index in [1.807, 2.05) is 18.2 Å². The van der Waals surface area contributed by atoms with E-state index in [2.05, 4.69) is 20.9 Å². The summed E-state index contributed by atoms with van der Waals surface area (Å²) in [7, 11) is 0. The summed E-state index contributed by atoms with van der Waals surface area (Å²) in [4.78, 5) is 15.6. The number of fused-ring (bicyclic) bond motifs is 1. The first-order valence-electron chi connectivity index (χ1n) is 4.53. The first-order valence-corrected chi connectivity index (χ1v) is 5.32. The Morgan fingerprint density at radius 3 is 3.13 bits per heavy atom. The lowest BCUT2D eigenvalue weighted by Gasteiger charge is -2.02. The van der Waals surface area contributed by atoms with Gasteiger partial charge in [-0.15, -0.1) is 0 Å². The van der Waals surface area contributed by atoms with Crippen LogP contribution in [0.25, 0.3) is 5.52 Å². The molecule has 0 aliphatic carbocycles. The highest BCUT2D eigenvalue weighted by Gasteiger charge is 2.14. The molecule has 0 bridgehead atoms. The lowest BCUT2D eigenvalue weighted by atomic mass is 10.4. The normalized spacial score (nSPS) is 10.5. The average molecular weight is 269 g/mol. The lowest BCUT2D eigenvalue weighted by molar-refractivity contribution is 0.0511. The topological polar surface area (TPSA) is 43.6 Å². The molecular weight excluding hydrogens is 260 g/mol. The number of halogens is 1. The summed E-state index contributed by atoms with van der Waals surface area (Å²) in [5.74, 6) is -0.122. The van der Waals surface area contributed by atoms with Gasteiger partial charge in [0.05, 0.1) is 22.9 Å². The van der Waals surface area contributed by atoms with E-state index in [9.17, 15) is 4.79 Å². The van der Waals surface area contributed by atoms with E-state index in [4.69, 9.17) is 4.74 Å². The average Bonchev–Trinajstić information content (AvgIpc) is 2.63. The quantitative estimate of drug-likeness (QED) is 0.620. The van der Waals surface area contributed by atoms with E-state index in [1.165, 1.54) is 0 Å². The number of nitrogens with zero attached hydrogens (tertiary/aromatic N) is 2. The van der Waals surface area contributed by atoms with E-state index in [0.717, 1.165) is 10.1 Å². The lowest BCUT2D eigenvalue weighted by Crippen LogP contribution is -2.09. The van der Waals surface area contributed by atoms with Crippen LogP contribution in [0.2, 0.25) is 0 Å². The van der Waals surface area contributed by atoms with E-state index >= 15 is 0 Å². The third-order valence-corrected chi connectivity index (χ3v) is 2.58. The van der Waals surface area contributed by atoms with Gasteiger partial charge in [-0.1, -0.05) is 6.07 Å². The van der Waals surface area contributed by atoms with Gasteiger partial charge in [-0.2, -0.15) is 0 Å². The van der Waals surface area contributed by atoms with Gasteiger partial charge in [0.1, 0.15) is 0 Å². The fourth-order valence-electron chi connectivity index (χ4n) is 1.35. The van der Waals surface area contributed by atoms with Crippen LogP contribution in [0.3, 0.4) is 0 Å². The van der Waals surface area contributed by atoms with Crippen molar-refractivity contribution in [1.82, 2.24) is 9.38 Å². The van der Waals surface area contributed by atoms with Gasteiger partial charge in [-0.3, -0.25) is 4.40 Å². The van der Waals surface area contributed by atoms with Crippen molar-refractivity contribution in [1.29, 1.82) is 0 Å². The molecule has 0 atom stereocenters. The van der Waals surface area contributed by atoms with Crippen LogP contribution in [0.1, 0.15) is 17.5 Å². The molecule has 0 unspecified atom stereocenters. The van der Waals surface area contributed by atoms with Crippen molar-refractivity contribution in [2.45, 2.75) is 6.92 Å².